The molecular weight excluding hydrogens is 483 g/mol. The zero-order valence-electron chi connectivity index (χ0n) is 20.2. The molecule has 2 unspecified atom stereocenters. The summed E-state index contributed by atoms with van der Waals surface area (Å²) in [6.07, 6.45) is 1.47. The van der Waals surface area contributed by atoms with Crippen LogP contribution in [-0.2, 0) is 23.7 Å². The minimum atomic E-state index is -3.00. The van der Waals surface area contributed by atoms with Crippen LogP contribution in [0.25, 0.3) is 0 Å². The van der Waals surface area contributed by atoms with E-state index in [1.165, 1.54) is 33.3 Å². The monoisotopic (exact) mass is 520 g/mol. The summed E-state index contributed by atoms with van der Waals surface area (Å²) in [6, 6.07) is 0. The van der Waals surface area contributed by atoms with Crippen LogP contribution in [0.4, 0.5) is 0 Å². The van der Waals surface area contributed by atoms with Crippen LogP contribution in [-0.4, -0.2) is 86.8 Å². The predicted molar refractivity (Wildman–Crippen MR) is 134 cm³/mol. The fraction of sp³-hybridized carbons (Fsp3) is 0.810. The standard InChI is InChI=1S/C21H37N4O5PS2/c1-6-11-31(30,22-7-9-24-18(26)12-16(20(24)28)32-14(2)3)23-8-10-25-19(27)13-17(21(25)29)33-15(4)5/h14-17H,6-13H2,1-5H3,(H2,22,23,30). The Morgan fingerprint density at radius 1 is 0.848 bits per heavy atom. The average Bonchev–Trinajstić information content (AvgIpc) is 3.11. The lowest BCUT2D eigenvalue weighted by molar-refractivity contribution is -0.139. The second-order valence-corrected chi connectivity index (χ2v) is 14.9. The lowest BCUT2D eigenvalue weighted by Crippen LogP contribution is -2.40. The van der Waals surface area contributed by atoms with Crippen molar-refractivity contribution in [3.05, 3.63) is 0 Å². The van der Waals surface area contributed by atoms with Gasteiger partial charge in [-0.1, -0.05) is 34.6 Å². The zero-order valence-corrected chi connectivity index (χ0v) is 22.7. The molecule has 0 bridgehead atoms. The third-order valence-electron chi connectivity index (χ3n) is 5.22. The highest BCUT2D eigenvalue weighted by atomic mass is 32.2. The number of carbonyl (C=O) groups excluding carboxylic acids is 4. The Bertz CT molecular complexity index is 737. The first-order valence-electron chi connectivity index (χ1n) is 11.6. The van der Waals surface area contributed by atoms with E-state index < -0.39 is 7.44 Å². The number of amides is 4. The number of likely N-dealkylation sites (tertiary alicyclic amines) is 2. The quantitative estimate of drug-likeness (QED) is 0.263. The van der Waals surface area contributed by atoms with E-state index >= 15 is 0 Å². The molecule has 2 saturated heterocycles. The second-order valence-electron chi connectivity index (χ2n) is 8.80. The maximum absolute atomic E-state index is 13.3. The van der Waals surface area contributed by atoms with Crippen LogP contribution in [0.15, 0.2) is 0 Å². The third kappa shape index (κ3) is 8.09. The highest BCUT2D eigenvalue weighted by molar-refractivity contribution is 8.01. The Morgan fingerprint density at radius 3 is 1.58 bits per heavy atom. The van der Waals surface area contributed by atoms with Crippen molar-refractivity contribution in [1.82, 2.24) is 20.0 Å². The Labute approximate surface area is 205 Å². The molecule has 2 fully saturated rings. The molecule has 2 aliphatic rings. The van der Waals surface area contributed by atoms with E-state index in [9.17, 15) is 23.7 Å². The van der Waals surface area contributed by atoms with Crippen molar-refractivity contribution >= 4 is 54.6 Å². The van der Waals surface area contributed by atoms with Gasteiger partial charge in [0.15, 0.2) is 0 Å². The fourth-order valence-corrected chi connectivity index (χ4v) is 8.12. The normalized spacial score (nSPS) is 23.5. The maximum atomic E-state index is 13.3. The Balaban J connectivity index is 1.84. The summed E-state index contributed by atoms with van der Waals surface area (Å²) in [5.41, 5.74) is 0. The van der Waals surface area contributed by atoms with Gasteiger partial charge in [-0.25, -0.2) is 0 Å². The molecule has 12 heteroatoms. The van der Waals surface area contributed by atoms with Gasteiger partial charge in [0, 0.05) is 45.2 Å². The first kappa shape index (κ1) is 28.4. The molecule has 2 heterocycles. The summed E-state index contributed by atoms with van der Waals surface area (Å²) in [5, 5.41) is 5.84. The fourth-order valence-electron chi connectivity index (χ4n) is 3.86. The van der Waals surface area contributed by atoms with Crippen LogP contribution in [0.1, 0.15) is 53.9 Å². The van der Waals surface area contributed by atoms with E-state index in [0.29, 0.717) is 12.6 Å². The molecule has 0 aromatic carbocycles. The van der Waals surface area contributed by atoms with Gasteiger partial charge in [-0.05, 0) is 16.9 Å². The molecule has 0 radical (unpaired) electrons. The number of rotatable bonds is 14. The van der Waals surface area contributed by atoms with Crippen LogP contribution in [0.2, 0.25) is 0 Å². The predicted octanol–water partition coefficient (Wildman–Crippen LogP) is 2.31. The molecule has 0 spiro atoms. The van der Waals surface area contributed by atoms with E-state index in [1.54, 1.807) is 0 Å². The molecule has 188 valence electrons. The van der Waals surface area contributed by atoms with Crippen LogP contribution < -0.4 is 10.2 Å². The summed E-state index contributed by atoms with van der Waals surface area (Å²) in [7, 11) is -3.00. The minimum absolute atomic E-state index is 0.166. The summed E-state index contributed by atoms with van der Waals surface area (Å²) < 4.78 is 13.3. The Morgan fingerprint density at radius 2 is 1.24 bits per heavy atom. The molecule has 0 aliphatic carbocycles. The number of hydrogen-bond acceptors (Lipinski definition) is 7. The molecule has 33 heavy (non-hydrogen) atoms. The van der Waals surface area contributed by atoms with Crippen LogP contribution in [0.3, 0.4) is 0 Å². The van der Waals surface area contributed by atoms with Gasteiger partial charge in [0.25, 0.3) is 0 Å². The SMILES string of the molecule is CCCP(=O)(NCCN1C(=O)CC(SC(C)C)C1=O)NCCN1C(=O)CC(SC(C)C)C1=O. The molecular formula is C21H37N4O5PS2. The van der Waals surface area contributed by atoms with E-state index in [2.05, 4.69) is 10.2 Å². The van der Waals surface area contributed by atoms with Crippen LogP contribution >= 0.6 is 31.0 Å². The van der Waals surface area contributed by atoms with Crippen molar-refractivity contribution in [2.45, 2.75) is 74.9 Å². The van der Waals surface area contributed by atoms with E-state index in [1.807, 2.05) is 34.6 Å². The number of carbonyl (C=O) groups is 4. The summed E-state index contributed by atoms with van der Waals surface area (Å²) in [4.78, 5) is 52.0. The molecule has 4 amide bonds. The highest BCUT2D eigenvalue weighted by Crippen LogP contribution is 2.36. The average molecular weight is 521 g/mol. The summed E-state index contributed by atoms with van der Waals surface area (Å²) in [5.74, 6) is -0.756. The van der Waals surface area contributed by atoms with Crippen molar-refractivity contribution in [1.29, 1.82) is 0 Å². The van der Waals surface area contributed by atoms with Gasteiger partial charge in [0.1, 0.15) is 0 Å². The van der Waals surface area contributed by atoms with Crippen LogP contribution in [0.5, 0.6) is 0 Å². The molecule has 2 N–H and O–H groups in total. The van der Waals surface area contributed by atoms with Crippen molar-refractivity contribution in [3.8, 4) is 0 Å². The first-order valence-corrected chi connectivity index (χ1v) is 15.3. The molecule has 2 atom stereocenters. The molecule has 0 aromatic heterocycles. The van der Waals surface area contributed by atoms with E-state index in [-0.39, 0.29) is 83.6 Å². The smallest absolute Gasteiger partial charge is 0.242 e. The number of nitrogens with one attached hydrogen (secondary N) is 2. The maximum Gasteiger partial charge on any atom is 0.242 e. The lowest BCUT2D eigenvalue weighted by Gasteiger charge is -2.23. The van der Waals surface area contributed by atoms with Gasteiger partial charge in [0.2, 0.25) is 31.1 Å². The largest absolute Gasteiger partial charge is 0.289 e. The zero-order chi connectivity index (χ0) is 24.8. The van der Waals surface area contributed by atoms with E-state index in [4.69, 9.17) is 0 Å². The topological polar surface area (TPSA) is 116 Å². The van der Waals surface area contributed by atoms with Gasteiger partial charge in [-0.3, -0.25) is 43.7 Å². The molecule has 0 saturated carbocycles. The third-order valence-corrected chi connectivity index (χ3v) is 10.2. The van der Waals surface area contributed by atoms with Gasteiger partial charge in [-0.2, -0.15) is 0 Å². The van der Waals surface area contributed by atoms with Crippen molar-refractivity contribution in [3.63, 3.8) is 0 Å². The van der Waals surface area contributed by atoms with Gasteiger partial charge in [0.05, 0.1) is 10.5 Å². The number of hydrogen-bond donors (Lipinski definition) is 2. The van der Waals surface area contributed by atoms with E-state index in [0.717, 1.165) is 0 Å². The van der Waals surface area contributed by atoms with Gasteiger partial charge >= 0.3 is 0 Å². The Kier molecular flexibility index (Phi) is 10.9. The minimum Gasteiger partial charge on any atom is -0.289 e. The number of imide groups is 2. The number of nitrogens with zero attached hydrogens (tertiary/aromatic N) is 2. The molecule has 2 rings (SSSR count). The van der Waals surface area contributed by atoms with Crippen molar-refractivity contribution in [2.24, 2.45) is 0 Å². The molecule has 2 aliphatic heterocycles. The Hall–Kier alpha value is -0.870. The first-order chi connectivity index (χ1) is 15.5. The highest BCUT2D eigenvalue weighted by Gasteiger charge is 2.40. The van der Waals surface area contributed by atoms with Crippen LogP contribution in [0, 0.1) is 0 Å². The van der Waals surface area contributed by atoms with Crippen molar-refractivity contribution in [2.75, 3.05) is 32.3 Å². The summed E-state index contributed by atoms with van der Waals surface area (Å²) >= 11 is 2.98. The summed E-state index contributed by atoms with van der Waals surface area (Å²) in [6.45, 7) is 10.7. The van der Waals surface area contributed by atoms with Crippen molar-refractivity contribution < 1.29 is 23.7 Å². The number of thioether (sulfide) groups is 2. The molecule has 0 aromatic rings. The lowest BCUT2D eigenvalue weighted by atomic mass is 10.4. The van der Waals surface area contributed by atoms with Gasteiger partial charge in [-0.15, -0.1) is 23.5 Å². The molecule has 9 nitrogen and oxygen atoms in total. The van der Waals surface area contributed by atoms with Gasteiger partial charge < -0.3 is 0 Å². The second kappa shape index (κ2) is 12.7.